The van der Waals surface area contributed by atoms with Gasteiger partial charge in [-0.15, -0.1) is 0 Å². The molecule has 0 amide bonds. The van der Waals surface area contributed by atoms with Crippen molar-refractivity contribution in [3.8, 4) is 0 Å². The van der Waals surface area contributed by atoms with Gasteiger partial charge in [0.15, 0.2) is 0 Å². The molecule has 1 aromatic rings. The van der Waals surface area contributed by atoms with Crippen LogP contribution in [0.2, 0.25) is 0 Å². The lowest BCUT2D eigenvalue weighted by atomic mass is 9.76. The quantitative estimate of drug-likeness (QED) is 0.612. The van der Waals surface area contributed by atoms with E-state index in [1.165, 1.54) is 49.7 Å². The highest BCUT2D eigenvalue weighted by Crippen LogP contribution is 2.38. The average Bonchev–Trinajstić information content (AvgIpc) is 2.38. The third-order valence-corrected chi connectivity index (χ3v) is 6.01. The molecule has 1 heteroatoms. The van der Waals surface area contributed by atoms with Crippen molar-refractivity contribution in [1.82, 2.24) is 0 Å². The Morgan fingerprint density at radius 1 is 1.16 bits per heavy atom. The molecule has 0 bridgehead atoms. The van der Waals surface area contributed by atoms with Crippen LogP contribution in [0.5, 0.6) is 0 Å². The Balaban J connectivity index is 2.08. The molecular formula is C18H27Br. The Labute approximate surface area is 127 Å². The molecule has 106 valence electrons. The second kappa shape index (κ2) is 6.92. The van der Waals surface area contributed by atoms with E-state index in [1.807, 2.05) is 0 Å². The minimum absolute atomic E-state index is 0.722. The Morgan fingerprint density at radius 3 is 2.47 bits per heavy atom. The minimum atomic E-state index is 0.722. The van der Waals surface area contributed by atoms with Crippen molar-refractivity contribution in [2.45, 2.75) is 64.1 Å². The summed E-state index contributed by atoms with van der Waals surface area (Å²) >= 11 is 3.94. The largest absolute Gasteiger partial charge is 0.0888 e. The molecule has 0 spiro atoms. The Morgan fingerprint density at radius 2 is 1.84 bits per heavy atom. The summed E-state index contributed by atoms with van der Waals surface area (Å²) in [6, 6.07) is 6.70. The normalized spacial score (nSPS) is 27.5. The van der Waals surface area contributed by atoms with E-state index < -0.39 is 0 Å². The zero-order chi connectivity index (χ0) is 13.8. The highest BCUT2D eigenvalue weighted by molar-refractivity contribution is 9.09. The highest BCUT2D eigenvalue weighted by atomic mass is 79.9. The lowest BCUT2D eigenvalue weighted by Crippen LogP contribution is -2.27. The standard InChI is InChI=1S/C18H27Br/c1-4-6-15-9-10-18(19)16(11-15)12-17-13(2)7-5-8-14(17)3/h5,7-8,15-16,18H,4,6,9-12H2,1-3H3. The van der Waals surface area contributed by atoms with E-state index in [9.17, 15) is 0 Å². The molecule has 19 heavy (non-hydrogen) atoms. The molecular weight excluding hydrogens is 296 g/mol. The number of halogens is 1. The van der Waals surface area contributed by atoms with Gasteiger partial charge in [-0.3, -0.25) is 0 Å². The second-order valence-electron chi connectivity index (χ2n) is 6.32. The Bertz CT molecular complexity index is 390. The first kappa shape index (κ1) is 15.1. The second-order valence-corrected chi connectivity index (χ2v) is 7.49. The van der Waals surface area contributed by atoms with Crippen LogP contribution in [-0.4, -0.2) is 4.83 Å². The molecule has 1 aliphatic carbocycles. The van der Waals surface area contributed by atoms with Crippen LogP contribution in [-0.2, 0) is 6.42 Å². The minimum Gasteiger partial charge on any atom is -0.0888 e. The van der Waals surface area contributed by atoms with Crippen LogP contribution in [0.25, 0.3) is 0 Å². The first-order chi connectivity index (χ1) is 9.11. The predicted octanol–water partition coefficient (Wildman–Crippen LogP) is 5.83. The summed E-state index contributed by atoms with van der Waals surface area (Å²) in [6.07, 6.45) is 8.22. The van der Waals surface area contributed by atoms with Crippen LogP contribution in [0.4, 0.5) is 0 Å². The van der Waals surface area contributed by atoms with Crippen molar-refractivity contribution in [3.05, 3.63) is 34.9 Å². The topological polar surface area (TPSA) is 0 Å². The van der Waals surface area contributed by atoms with Crippen LogP contribution >= 0.6 is 15.9 Å². The van der Waals surface area contributed by atoms with Crippen LogP contribution in [0, 0.1) is 25.7 Å². The summed E-state index contributed by atoms with van der Waals surface area (Å²) in [5.41, 5.74) is 4.53. The van der Waals surface area contributed by atoms with Crippen molar-refractivity contribution in [2.75, 3.05) is 0 Å². The van der Waals surface area contributed by atoms with E-state index in [1.54, 1.807) is 5.56 Å². The van der Waals surface area contributed by atoms with Gasteiger partial charge in [0.1, 0.15) is 0 Å². The molecule has 1 fully saturated rings. The molecule has 0 N–H and O–H groups in total. The molecule has 0 radical (unpaired) electrons. The van der Waals surface area contributed by atoms with E-state index in [2.05, 4.69) is 54.9 Å². The zero-order valence-electron chi connectivity index (χ0n) is 12.6. The van der Waals surface area contributed by atoms with Gasteiger partial charge in [0.05, 0.1) is 0 Å². The Hall–Kier alpha value is -0.300. The Kier molecular flexibility index (Phi) is 5.50. The first-order valence-corrected chi connectivity index (χ1v) is 8.72. The van der Waals surface area contributed by atoms with Gasteiger partial charge in [-0.1, -0.05) is 53.9 Å². The monoisotopic (exact) mass is 322 g/mol. The van der Waals surface area contributed by atoms with E-state index in [-0.39, 0.29) is 0 Å². The molecule has 0 aromatic heterocycles. The summed E-state index contributed by atoms with van der Waals surface area (Å²) < 4.78 is 0. The maximum absolute atomic E-state index is 3.94. The number of hydrogen-bond donors (Lipinski definition) is 0. The van der Waals surface area contributed by atoms with Crippen molar-refractivity contribution in [1.29, 1.82) is 0 Å². The van der Waals surface area contributed by atoms with Crippen LogP contribution in [0.15, 0.2) is 18.2 Å². The third-order valence-electron chi connectivity index (χ3n) is 4.81. The van der Waals surface area contributed by atoms with Gasteiger partial charge in [0.2, 0.25) is 0 Å². The lowest BCUT2D eigenvalue weighted by Gasteiger charge is -2.34. The summed E-state index contributed by atoms with van der Waals surface area (Å²) in [6.45, 7) is 6.84. The van der Waals surface area contributed by atoms with Crippen LogP contribution < -0.4 is 0 Å². The van der Waals surface area contributed by atoms with Gasteiger partial charge in [-0.05, 0) is 68.1 Å². The molecule has 1 saturated carbocycles. The zero-order valence-corrected chi connectivity index (χ0v) is 14.2. The van der Waals surface area contributed by atoms with Crippen molar-refractivity contribution < 1.29 is 0 Å². The first-order valence-electron chi connectivity index (χ1n) is 7.81. The van der Waals surface area contributed by atoms with E-state index in [0.717, 1.165) is 16.7 Å². The number of aryl methyl sites for hydroxylation is 2. The SMILES string of the molecule is CCCC1CCC(Br)C(Cc2c(C)cccc2C)C1. The molecule has 1 aromatic carbocycles. The van der Waals surface area contributed by atoms with Gasteiger partial charge in [-0.25, -0.2) is 0 Å². The van der Waals surface area contributed by atoms with Gasteiger partial charge in [-0.2, -0.15) is 0 Å². The van der Waals surface area contributed by atoms with E-state index >= 15 is 0 Å². The van der Waals surface area contributed by atoms with Crippen LogP contribution in [0.1, 0.15) is 55.7 Å². The fourth-order valence-corrected chi connectivity index (χ4v) is 4.31. The van der Waals surface area contributed by atoms with Crippen molar-refractivity contribution >= 4 is 15.9 Å². The number of benzene rings is 1. The summed E-state index contributed by atoms with van der Waals surface area (Å²) in [7, 11) is 0. The third kappa shape index (κ3) is 3.84. The molecule has 0 aliphatic heterocycles. The summed E-state index contributed by atoms with van der Waals surface area (Å²) in [5, 5.41) is 0. The molecule has 3 unspecified atom stereocenters. The maximum atomic E-state index is 3.94. The lowest BCUT2D eigenvalue weighted by molar-refractivity contribution is 0.263. The molecule has 0 saturated heterocycles. The van der Waals surface area contributed by atoms with E-state index in [0.29, 0.717) is 0 Å². The van der Waals surface area contributed by atoms with Crippen molar-refractivity contribution in [2.24, 2.45) is 11.8 Å². The summed E-state index contributed by atoms with van der Waals surface area (Å²) in [5.74, 6) is 1.79. The molecule has 2 rings (SSSR count). The molecule has 1 aliphatic rings. The van der Waals surface area contributed by atoms with Crippen molar-refractivity contribution in [3.63, 3.8) is 0 Å². The van der Waals surface area contributed by atoms with Gasteiger partial charge in [0.25, 0.3) is 0 Å². The van der Waals surface area contributed by atoms with Crippen LogP contribution in [0.3, 0.4) is 0 Å². The van der Waals surface area contributed by atoms with Gasteiger partial charge < -0.3 is 0 Å². The predicted molar refractivity (Wildman–Crippen MR) is 88.1 cm³/mol. The molecule has 0 nitrogen and oxygen atoms in total. The maximum Gasteiger partial charge on any atom is 0.0177 e. The average molecular weight is 323 g/mol. The van der Waals surface area contributed by atoms with Gasteiger partial charge >= 0.3 is 0 Å². The molecule has 3 atom stereocenters. The molecule has 0 heterocycles. The fourth-order valence-electron chi connectivity index (χ4n) is 3.64. The van der Waals surface area contributed by atoms with Gasteiger partial charge in [0, 0.05) is 4.83 Å². The van der Waals surface area contributed by atoms with E-state index in [4.69, 9.17) is 0 Å². The summed E-state index contributed by atoms with van der Waals surface area (Å²) in [4.78, 5) is 0.722. The smallest absolute Gasteiger partial charge is 0.0177 e. The fraction of sp³-hybridized carbons (Fsp3) is 0.667. The number of alkyl halides is 1. The number of hydrogen-bond acceptors (Lipinski definition) is 0. The number of rotatable bonds is 4. The highest BCUT2D eigenvalue weighted by Gasteiger charge is 2.29.